The molecule has 0 unspecified atom stereocenters. The molecular weight excluding hydrogens is 237 g/mol. The Kier molecular flexibility index (Phi) is 3.10. The van der Waals surface area contributed by atoms with Gasteiger partial charge < -0.3 is 5.11 Å². The molecule has 0 bridgehead atoms. The predicted octanol–water partition coefficient (Wildman–Crippen LogP) is 2.36. The van der Waals surface area contributed by atoms with Gasteiger partial charge in [0.25, 0.3) is 0 Å². The van der Waals surface area contributed by atoms with Crippen LogP contribution >= 0.6 is 0 Å². The summed E-state index contributed by atoms with van der Waals surface area (Å²) in [5, 5.41) is 13.0. The highest BCUT2D eigenvalue weighted by Gasteiger charge is 2.19. The summed E-state index contributed by atoms with van der Waals surface area (Å²) in [5.74, 6) is -1.68. The fourth-order valence-corrected chi connectivity index (χ4v) is 1.68. The number of carboxylic acids is 1. The summed E-state index contributed by atoms with van der Waals surface area (Å²) in [6.07, 6.45) is 4.00. The van der Waals surface area contributed by atoms with Crippen LogP contribution in [0.5, 0.6) is 0 Å². The summed E-state index contributed by atoms with van der Waals surface area (Å²) in [4.78, 5) is 14.9. The number of hydrogen-bond acceptors (Lipinski definition) is 3. The third-order valence-corrected chi connectivity index (χ3v) is 2.57. The molecule has 0 saturated heterocycles. The van der Waals surface area contributed by atoms with Gasteiger partial charge in [0.05, 0.1) is 17.3 Å². The second-order valence-electron chi connectivity index (χ2n) is 4.11. The lowest BCUT2D eigenvalue weighted by Crippen LogP contribution is -2.06. The molecule has 0 saturated carbocycles. The van der Waals surface area contributed by atoms with E-state index in [2.05, 4.69) is 10.1 Å². The van der Waals surface area contributed by atoms with Gasteiger partial charge in [0.2, 0.25) is 5.95 Å². The topological polar surface area (TPSA) is 68.0 Å². The number of halogens is 1. The zero-order valence-corrected chi connectivity index (χ0v) is 9.96. The van der Waals surface area contributed by atoms with Gasteiger partial charge in [-0.25, -0.2) is 9.48 Å². The Labute approximate surface area is 103 Å². The Morgan fingerprint density at radius 1 is 1.39 bits per heavy atom. The van der Waals surface area contributed by atoms with Gasteiger partial charge in [-0.2, -0.15) is 9.49 Å². The number of aromatic carboxylic acids is 1. The van der Waals surface area contributed by atoms with Crippen LogP contribution in [0.25, 0.3) is 11.1 Å². The van der Waals surface area contributed by atoms with Gasteiger partial charge in [0.15, 0.2) is 0 Å². The minimum atomic E-state index is -1.12. The molecule has 0 spiro atoms. The average Bonchev–Trinajstić information content (AvgIpc) is 2.71. The number of nitrogens with zero attached hydrogens (tertiary/aromatic N) is 3. The number of carboxylic acid groups (broad SMARTS) is 1. The van der Waals surface area contributed by atoms with Crippen molar-refractivity contribution >= 4 is 5.97 Å². The largest absolute Gasteiger partial charge is 0.478 e. The van der Waals surface area contributed by atoms with Gasteiger partial charge >= 0.3 is 5.97 Å². The quantitative estimate of drug-likeness (QED) is 0.906. The van der Waals surface area contributed by atoms with Gasteiger partial charge in [-0.05, 0) is 19.9 Å². The van der Waals surface area contributed by atoms with E-state index in [0.29, 0.717) is 0 Å². The van der Waals surface area contributed by atoms with E-state index in [4.69, 9.17) is 5.11 Å². The first-order chi connectivity index (χ1) is 8.52. The minimum absolute atomic E-state index is 0.00667. The van der Waals surface area contributed by atoms with Gasteiger partial charge in [0, 0.05) is 24.0 Å². The highest BCUT2D eigenvalue weighted by atomic mass is 19.1. The van der Waals surface area contributed by atoms with Crippen molar-refractivity contribution in [3.05, 3.63) is 36.2 Å². The van der Waals surface area contributed by atoms with Crippen LogP contribution in [0.2, 0.25) is 0 Å². The fourth-order valence-electron chi connectivity index (χ4n) is 1.68. The lowest BCUT2D eigenvalue weighted by atomic mass is 10.1. The molecule has 2 heterocycles. The maximum absolute atomic E-state index is 14.1. The fraction of sp³-hybridized carbons (Fsp3) is 0.250. The van der Waals surface area contributed by atoms with Crippen LogP contribution in [0.3, 0.4) is 0 Å². The van der Waals surface area contributed by atoms with Crippen molar-refractivity contribution in [1.29, 1.82) is 0 Å². The summed E-state index contributed by atoms with van der Waals surface area (Å²) in [6.45, 7) is 3.59. The van der Waals surface area contributed by atoms with Gasteiger partial charge in [0.1, 0.15) is 0 Å². The first-order valence-electron chi connectivity index (χ1n) is 5.43. The number of carbonyl (C=O) groups is 1. The Morgan fingerprint density at radius 2 is 2.11 bits per heavy atom. The highest BCUT2D eigenvalue weighted by Crippen LogP contribution is 2.26. The molecule has 2 aromatic heterocycles. The van der Waals surface area contributed by atoms with Crippen LogP contribution in [0, 0.1) is 5.95 Å². The zero-order chi connectivity index (χ0) is 13.3. The van der Waals surface area contributed by atoms with Crippen molar-refractivity contribution in [2.24, 2.45) is 0 Å². The number of pyridine rings is 1. The molecular formula is C12H12FN3O2. The first kappa shape index (κ1) is 12.2. The third-order valence-electron chi connectivity index (χ3n) is 2.57. The molecule has 0 amide bonds. The second kappa shape index (κ2) is 4.56. The van der Waals surface area contributed by atoms with Gasteiger partial charge in [-0.1, -0.05) is 0 Å². The first-order valence-corrected chi connectivity index (χ1v) is 5.43. The smallest absolute Gasteiger partial charge is 0.336 e. The van der Waals surface area contributed by atoms with Crippen LogP contribution in [0.1, 0.15) is 30.2 Å². The molecule has 0 aliphatic heterocycles. The molecule has 2 aromatic rings. The Morgan fingerprint density at radius 3 is 2.67 bits per heavy atom. The van der Waals surface area contributed by atoms with Crippen molar-refractivity contribution in [2.45, 2.75) is 19.9 Å². The van der Waals surface area contributed by atoms with Crippen molar-refractivity contribution in [3.8, 4) is 11.1 Å². The molecule has 0 radical (unpaired) electrons. The van der Waals surface area contributed by atoms with Crippen LogP contribution in [-0.2, 0) is 0 Å². The highest BCUT2D eigenvalue weighted by molar-refractivity contribution is 5.95. The maximum Gasteiger partial charge on any atom is 0.336 e. The standard InChI is InChI=1S/C12H12FN3O2/c1-7(2)16-11(13)10(6-15-16)9-5-14-4-3-8(9)12(17)18/h3-7H,1-2H3,(H,17,18). The lowest BCUT2D eigenvalue weighted by Gasteiger charge is -2.06. The molecule has 0 aromatic carbocycles. The average molecular weight is 249 g/mol. The van der Waals surface area contributed by atoms with Crippen molar-refractivity contribution in [2.75, 3.05) is 0 Å². The number of rotatable bonds is 3. The van der Waals surface area contributed by atoms with E-state index >= 15 is 0 Å². The van der Waals surface area contributed by atoms with Gasteiger partial charge in [-0.15, -0.1) is 0 Å². The number of hydrogen-bond donors (Lipinski definition) is 1. The van der Waals surface area contributed by atoms with Crippen molar-refractivity contribution in [1.82, 2.24) is 14.8 Å². The Hall–Kier alpha value is -2.24. The second-order valence-corrected chi connectivity index (χ2v) is 4.11. The molecule has 5 nitrogen and oxygen atoms in total. The van der Waals surface area contributed by atoms with Crippen LogP contribution < -0.4 is 0 Å². The van der Waals surface area contributed by atoms with E-state index in [-0.39, 0.29) is 22.7 Å². The zero-order valence-electron chi connectivity index (χ0n) is 9.96. The molecule has 0 fully saturated rings. The van der Waals surface area contributed by atoms with E-state index in [9.17, 15) is 9.18 Å². The maximum atomic E-state index is 14.1. The van der Waals surface area contributed by atoms with E-state index < -0.39 is 11.9 Å². The van der Waals surface area contributed by atoms with Crippen LogP contribution in [-0.4, -0.2) is 25.8 Å². The van der Waals surface area contributed by atoms with Crippen molar-refractivity contribution in [3.63, 3.8) is 0 Å². The van der Waals surface area contributed by atoms with E-state index in [1.54, 1.807) is 13.8 Å². The summed E-state index contributed by atoms with van der Waals surface area (Å²) in [7, 11) is 0. The molecule has 18 heavy (non-hydrogen) atoms. The third kappa shape index (κ3) is 1.97. The molecule has 0 aliphatic rings. The normalized spacial score (nSPS) is 10.9. The molecule has 0 atom stereocenters. The van der Waals surface area contributed by atoms with Crippen LogP contribution in [0.15, 0.2) is 24.7 Å². The van der Waals surface area contributed by atoms with E-state index in [0.717, 1.165) is 0 Å². The molecule has 94 valence electrons. The predicted molar refractivity (Wildman–Crippen MR) is 62.8 cm³/mol. The SMILES string of the molecule is CC(C)n1ncc(-c2cnccc2C(=O)O)c1F. The summed E-state index contributed by atoms with van der Waals surface area (Å²) >= 11 is 0. The molecule has 1 N–H and O–H groups in total. The van der Waals surface area contributed by atoms with Gasteiger partial charge in [-0.3, -0.25) is 4.98 Å². The van der Waals surface area contributed by atoms with Crippen LogP contribution in [0.4, 0.5) is 4.39 Å². The van der Waals surface area contributed by atoms with E-state index in [1.807, 2.05) is 0 Å². The monoisotopic (exact) mass is 249 g/mol. The molecule has 0 aliphatic carbocycles. The van der Waals surface area contributed by atoms with E-state index in [1.165, 1.54) is 29.3 Å². The number of aromatic nitrogens is 3. The van der Waals surface area contributed by atoms with Crippen molar-refractivity contribution < 1.29 is 14.3 Å². The molecule has 2 rings (SSSR count). The summed E-state index contributed by atoms with van der Waals surface area (Å²) in [6, 6.07) is 1.20. The Bertz CT molecular complexity index is 593. The Balaban J connectivity index is 2.59. The lowest BCUT2D eigenvalue weighted by molar-refractivity contribution is 0.0697. The minimum Gasteiger partial charge on any atom is -0.478 e. The summed E-state index contributed by atoms with van der Waals surface area (Å²) in [5.41, 5.74) is 0.385. The summed E-state index contributed by atoms with van der Waals surface area (Å²) < 4.78 is 15.3. The molecule has 6 heteroatoms.